The summed E-state index contributed by atoms with van der Waals surface area (Å²) in [5.41, 5.74) is 3.74. The number of hydrogen-bond acceptors (Lipinski definition) is 4. The first kappa shape index (κ1) is 16.7. The van der Waals surface area contributed by atoms with Crippen LogP contribution in [-0.4, -0.2) is 22.9 Å². The Morgan fingerprint density at radius 2 is 2.12 bits per heavy atom. The van der Waals surface area contributed by atoms with Gasteiger partial charge in [-0.25, -0.2) is 4.79 Å². The molecule has 0 amide bonds. The number of ketones is 1. The van der Waals surface area contributed by atoms with E-state index in [2.05, 4.69) is 6.58 Å². The van der Waals surface area contributed by atoms with E-state index >= 15 is 0 Å². The number of ether oxygens (including phenoxy) is 1. The van der Waals surface area contributed by atoms with E-state index in [9.17, 15) is 9.59 Å². The molecule has 0 bridgehead atoms. The highest BCUT2D eigenvalue weighted by Gasteiger charge is 2.21. The van der Waals surface area contributed by atoms with Gasteiger partial charge >= 0.3 is 5.97 Å². The number of aromatic nitrogens is 1. The summed E-state index contributed by atoms with van der Waals surface area (Å²) in [5, 5.41) is 0. The van der Waals surface area contributed by atoms with Crippen LogP contribution in [0.25, 0.3) is 0 Å². The molecule has 0 saturated heterocycles. The summed E-state index contributed by atoms with van der Waals surface area (Å²) in [4.78, 5) is 26.4. The van der Waals surface area contributed by atoms with E-state index in [1.165, 1.54) is 21.8 Å². The lowest BCUT2D eigenvalue weighted by molar-refractivity contribution is 0.0479. The summed E-state index contributed by atoms with van der Waals surface area (Å²) in [6, 6.07) is 3.75. The summed E-state index contributed by atoms with van der Waals surface area (Å²) in [7, 11) is 0. The molecule has 0 aromatic carbocycles. The van der Waals surface area contributed by atoms with Crippen LogP contribution in [0, 0.1) is 13.8 Å². The van der Waals surface area contributed by atoms with Crippen molar-refractivity contribution in [2.24, 2.45) is 0 Å². The summed E-state index contributed by atoms with van der Waals surface area (Å²) < 4.78 is 7.26. The van der Waals surface area contributed by atoms with Gasteiger partial charge in [0.2, 0.25) is 5.78 Å². The zero-order chi connectivity index (χ0) is 17.3. The van der Waals surface area contributed by atoms with Crippen molar-refractivity contribution in [1.82, 2.24) is 4.57 Å². The fraction of sp³-hybridized carbons (Fsp3) is 0.368. The van der Waals surface area contributed by atoms with Gasteiger partial charge in [0.05, 0.1) is 0 Å². The highest BCUT2D eigenvalue weighted by molar-refractivity contribution is 7.14. The molecule has 0 aliphatic heterocycles. The molecule has 126 valence electrons. The van der Waals surface area contributed by atoms with Gasteiger partial charge in [0.1, 0.15) is 4.88 Å². The van der Waals surface area contributed by atoms with Crippen molar-refractivity contribution in [2.75, 3.05) is 6.61 Å². The van der Waals surface area contributed by atoms with E-state index < -0.39 is 5.97 Å². The molecular weight excluding hydrogens is 322 g/mol. The Hall–Kier alpha value is -2.14. The van der Waals surface area contributed by atoms with Crippen molar-refractivity contribution < 1.29 is 14.3 Å². The minimum atomic E-state index is -0.400. The summed E-state index contributed by atoms with van der Waals surface area (Å²) in [5.74, 6) is -0.571. The molecule has 0 N–H and O–H groups in total. The van der Waals surface area contributed by atoms with Crippen LogP contribution < -0.4 is 0 Å². The monoisotopic (exact) mass is 343 g/mol. The van der Waals surface area contributed by atoms with Gasteiger partial charge in [0.25, 0.3) is 0 Å². The summed E-state index contributed by atoms with van der Waals surface area (Å²) >= 11 is 1.49. The van der Waals surface area contributed by atoms with Crippen LogP contribution in [0.1, 0.15) is 48.3 Å². The maximum Gasteiger partial charge on any atom is 0.348 e. The van der Waals surface area contributed by atoms with Crippen LogP contribution in [0.15, 0.2) is 24.8 Å². The van der Waals surface area contributed by atoms with Crippen LogP contribution in [0.5, 0.6) is 0 Å². The zero-order valence-corrected chi connectivity index (χ0v) is 14.9. The van der Waals surface area contributed by atoms with Gasteiger partial charge in [0, 0.05) is 28.4 Å². The van der Waals surface area contributed by atoms with Gasteiger partial charge in [-0.15, -0.1) is 17.9 Å². The number of fused-ring (bicyclic) bond motifs is 1. The molecule has 0 radical (unpaired) electrons. The van der Waals surface area contributed by atoms with Gasteiger partial charge in [-0.3, -0.25) is 4.79 Å². The number of carbonyl (C=O) groups excluding carboxylic acids is 2. The highest BCUT2D eigenvalue weighted by atomic mass is 32.1. The van der Waals surface area contributed by atoms with Crippen LogP contribution in [0.4, 0.5) is 0 Å². The van der Waals surface area contributed by atoms with Gasteiger partial charge in [0.15, 0.2) is 6.61 Å². The normalized spacial score (nSPS) is 12.9. The van der Waals surface area contributed by atoms with Crippen molar-refractivity contribution >= 4 is 23.1 Å². The molecule has 0 atom stereocenters. The molecule has 2 heterocycles. The van der Waals surface area contributed by atoms with Gasteiger partial charge in [-0.1, -0.05) is 6.08 Å². The molecule has 2 aromatic rings. The fourth-order valence-corrected chi connectivity index (χ4v) is 4.35. The SMILES string of the molecule is C=CCn1c(C)cc(C(=O)COC(=O)c2cc3c(s2)CCC3)c1C. The molecule has 0 fully saturated rings. The zero-order valence-electron chi connectivity index (χ0n) is 14.1. The van der Waals surface area contributed by atoms with Crippen molar-refractivity contribution in [3.8, 4) is 0 Å². The Labute approximate surface area is 145 Å². The van der Waals surface area contributed by atoms with Crippen molar-refractivity contribution in [3.05, 3.63) is 57.1 Å². The van der Waals surface area contributed by atoms with Crippen LogP contribution in [-0.2, 0) is 24.1 Å². The lowest BCUT2D eigenvalue weighted by Crippen LogP contribution is -2.14. The number of Topliss-reactive ketones (excluding diaryl/α,β-unsaturated/α-hetero) is 1. The quantitative estimate of drug-likeness (QED) is 0.454. The van der Waals surface area contributed by atoms with E-state index in [-0.39, 0.29) is 12.4 Å². The maximum absolute atomic E-state index is 12.4. The van der Waals surface area contributed by atoms with E-state index in [1.807, 2.05) is 30.5 Å². The Morgan fingerprint density at radius 1 is 1.33 bits per heavy atom. The molecule has 2 aromatic heterocycles. The number of hydrogen-bond donors (Lipinski definition) is 0. The van der Waals surface area contributed by atoms with Crippen LogP contribution >= 0.6 is 11.3 Å². The molecule has 1 aliphatic rings. The number of thiophene rings is 1. The highest BCUT2D eigenvalue weighted by Crippen LogP contribution is 2.31. The second-order valence-electron chi connectivity index (χ2n) is 6.10. The predicted octanol–water partition coefficient (Wildman–Crippen LogP) is 3.88. The first-order valence-electron chi connectivity index (χ1n) is 8.10. The molecular formula is C19H21NO3S. The fourth-order valence-electron chi connectivity index (χ4n) is 3.20. The van der Waals surface area contributed by atoms with Crippen molar-refractivity contribution in [3.63, 3.8) is 0 Å². The average Bonchev–Trinajstić information content (AvgIpc) is 3.21. The third-order valence-corrected chi connectivity index (χ3v) is 5.69. The smallest absolute Gasteiger partial charge is 0.348 e. The number of nitrogens with zero attached hydrogens (tertiary/aromatic N) is 1. The number of esters is 1. The minimum absolute atomic E-state index is 0.171. The molecule has 5 heteroatoms. The Kier molecular flexibility index (Phi) is 4.71. The second kappa shape index (κ2) is 6.77. The first-order chi connectivity index (χ1) is 11.5. The Balaban J connectivity index is 1.65. The molecule has 0 saturated carbocycles. The molecule has 1 aliphatic carbocycles. The predicted molar refractivity (Wildman–Crippen MR) is 95.1 cm³/mol. The average molecular weight is 343 g/mol. The topological polar surface area (TPSA) is 48.3 Å². The van der Waals surface area contributed by atoms with Gasteiger partial charge in [-0.2, -0.15) is 0 Å². The third-order valence-electron chi connectivity index (χ3n) is 4.47. The Morgan fingerprint density at radius 3 is 2.83 bits per heavy atom. The Bertz CT molecular complexity index is 791. The van der Waals surface area contributed by atoms with Gasteiger partial charge < -0.3 is 9.30 Å². The van der Waals surface area contributed by atoms with Gasteiger partial charge in [-0.05, 0) is 50.8 Å². The number of rotatable bonds is 6. The van der Waals surface area contributed by atoms with E-state index in [0.29, 0.717) is 17.0 Å². The summed E-state index contributed by atoms with van der Waals surface area (Å²) in [6.45, 7) is 8.02. The molecule has 4 nitrogen and oxygen atoms in total. The first-order valence-corrected chi connectivity index (χ1v) is 8.92. The van der Waals surface area contributed by atoms with E-state index in [0.717, 1.165) is 30.7 Å². The molecule has 3 rings (SSSR count). The second-order valence-corrected chi connectivity index (χ2v) is 7.23. The minimum Gasteiger partial charge on any atom is -0.453 e. The number of aryl methyl sites for hydroxylation is 3. The van der Waals surface area contributed by atoms with Crippen LogP contribution in [0.3, 0.4) is 0 Å². The number of allylic oxidation sites excluding steroid dienone is 1. The lowest BCUT2D eigenvalue weighted by Gasteiger charge is -2.06. The summed E-state index contributed by atoms with van der Waals surface area (Å²) in [6.07, 6.45) is 5.04. The largest absolute Gasteiger partial charge is 0.453 e. The number of carbonyl (C=O) groups is 2. The maximum atomic E-state index is 12.4. The lowest BCUT2D eigenvalue weighted by atomic mass is 10.1. The third kappa shape index (κ3) is 3.08. The van der Waals surface area contributed by atoms with E-state index in [4.69, 9.17) is 4.74 Å². The van der Waals surface area contributed by atoms with Crippen molar-refractivity contribution in [1.29, 1.82) is 0 Å². The standard InChI is InChI=1S/C19H21NO3S/c1-4-8-20-12(2)9-15(13(20)3)16(21)11-23-19(22)18-10-14-6-5-7-17(14)24-18/h4,9-10H,1,5-8,11H2,2-3H3. The molecule has 0 unspecified atom stereocenters. The molecule has 24 heavy (non-hydrogen) atoms. The van der Waals surface area contributed by atoms with Crippen molar-refractivity contribution in [2.45, 2.75) is 39.7 Å². The van der Waals surface area contributed by atoms with E-state index in [1.54, 1.807) is 6.08 Å². The molecule has 0 spiro atoms. The van der Waals surface area contributed by atoms with Crippen LogP contribution in [0.2, 0.25) is 0 Å².